The Hall–Kier alpha value is -2.49. The van der Waals surface area contributed by atoms with Crippen LogP contribution in [0, 0.1) is 0 Å². The summed E-state index contributed by atoms with van der Waals surface area (Å²) >= 11 is 0. The molecule has 0 radical (unpaired) electrons. The molecule has 0 amide bonds. The molecular formula is C15H15NO3. The van der Waals surface area contributed by atoms with Gasteiger partial charge in [-0.05, 0) is 17.7 Å². The van der Waals surface area contributed by atoms with Crippen molar-refractivity contribution in [3.63, 3.8) is 0 Å². The largest absolute Gasteiger partial charge is 0.489 e. The molecule has 0 atom stereocenters. The molecule has 0 unspecified atom stereocenters. The van der Waals surface area contributed by atoms with Gasteiger partial charge in [-0.2, -0.15) is 0 Å². The monoisotopic (exact) mass is 257 g/mol. The molecule has 0 saturated heterocycles. The molecule has 98 valence electrons. The Morgan fingerprint density at radius 2 is 1.89 bits per heavy atom. The van der Waals surface area contributed by atoms with Crippen molar-refractivity contribution in [3.8, 4) is 5.75 Å². The predicted molar refractivity (Wildman–Crippen MR) is 73.0 cm³/mol. The lowest BCUT2D eigenvalue weighted by molar-refractivity contribution is 0.0602. The summed E-state index contributed by atoms with van der Waals surface area (Å²) in [7, 11) is 1.32. The molecule has 2 N–H and O–H groups in total. The standard InChI is InChI=1S/C15H15NO3/c1-18-15(17)13-8-7-12(9-14(13)16)19-10-11-5-3-2-4-6-11/h2-9H,10,16H2,1H3. The molecule has 2 aromatic rings. The minimum Gasteiger partial charge on any atom is -0.489 e. The zero-order chi connectivity index (χ0) is 13.7. The second-order valence-electron chi connectivity index (χ2n) is 4.01. The summed E-state index contributed by atoms with van der Waals surface area (Å²) in [5, 5.41) is 0. The molecule has 0 aliphatic heterocycles. The van der Waals surface area contributed by atoms with Crippen molar-refractivity contribution in [2.24, 2.45) is 0 Å². The van der Waals surface area contributed by atoms with Crippen molar-refractivity contribution in [1.82, 2.24) is 0 Å². The van der Waals surface area contributed by atoms with Gasteiger partial charge in [-0.3, -0.25) is 0 Å². The second-order valence-corrected chi connectivity index (χ2v) is 4.01. The lowest BCUT2D eigenvalue weighted by Gasteiger charge is -2.09. The zero-order valence-corrected chi connectivity index (χ0v) is 10.6. The highest BCUT2D eigenvalue weighted by Gasteiger charge is 2.10. The van der Waals surface area contributed by atoms with Gasteiger partial charge in [-0.1, -0.05) is 30.3 Å². The highest BCUT2D eigenvalue weighted by atomic mass is 16.5. The average Bonchev–Trinajstić information content (AvgIpc) is 2.45. The molecule has 0 aliphatic carbocycles. The fourth-order valence-electron chi connectivity index (χ4n) is 1.67. The van der Waals surface area contributed by atoms with Gasteiger partial charge in [0.1, 0.15) is 12.4 Å². The summed E-state index contributed by atoms with van der Waals surface area (Å²) in [5.41, 5.74) is 7.54. The third-order valence-electron chi connectivity index (χ3n) is 2.68. The van der Waals surface area contributed by atoms with Crippen LogP contribution >= 0.6 is 0 Å². The van der Waals surface area contributed by atoms with Gasteiger partial charge in [0.2, 0.25) is 0 Å². The molecule has 19 heavy (non-hydrogen) atoms. The van der Waals surface area contributed by atoms with Crippen LogP contribution in [-0.2, 0) is 11.3 Å². The zero-order valence-electron chi connectivity index (χ0n) is 10.6. The molecule has 4 heteroatoms. The first-order valence-corrected chi connectivity index (χ1v) is 5.85. The van der Waals surface area contributed by atoms with E-state index >= 15 is 0 Å². The summed E-state index contributed by atoms with van der Waals surface area (Å²) < 4.78 is 10.2. The van der Waals surface area contributed by atoms with Gasteiger partial charge in [0.25, 0.3) is 0 Å². The first-order valence-electron chi connectivity index (χ1n) is 5.85. The predicted octanol–water partition coefficient (Wildman–Crippen LogP) is 2.63. The van der Waals surface area contributed by atoms with Gasteiger partial charge >= 0.3 is 5.97 Å². The van der Waals surface area contributed by atoms with E-state index in [1.54, 1.807) is 18.2 Å². The summed E-state index contributed by atoms with van der Waals surface area (Å²) in [4.78, 5) is 11.4. The number of benzene rings is 2. The molecule has 2 rings (SSSR count). The van der Waals surface area contributed by atoms with Crippen LogP contribution in [0.25, 0.3) is 0 Å². The van der Waals surface area contributed by atoms with Crippen molar-refractivity contribution in [2.75, 3.05) is 12.8 Å². The summed E-state index contributed by atoms with van der Waals surface area (Å²) in [6, 6.07) is 14.7. The molecule has 0 aliphatic rings. The number of hydrogen-bond acceptors (Lipinski definition) is 4. The number of anilines is 1. The maximum Gasteiger partial charge on any atom is 0.339 e. The number of carbonyl (C=O) groups is 1. The maximum absolute atomic E-state index is 11.4. The number of esters is 1. The first kappa shape index (κ1) is 13.0. The van der Waals surface area contributed by atoms with E-state index in [4.69, 9.17) is 10.5 Å². The lowest BCUT2D eigenvalue weighted by Crippen LogP contribution is -2.06. The van der Waals surface area contributed by atoms with E-state index < -0.39 is 5.97 Å². The van der Waals surface area contributed by atoms with Crippen LogP contribution in [0.5, 0.6) is 5.75 Å². The van der Waals surface area contributed by atoms with Crippen LogP contribution in [-0.4, -0.2) is 13.1 Å². The van der Waals surface area contributed by atoms with Crippen LogP contribution in [0.3, 0.4) is 0 Å². The van der Waals surface area contributed by atoms with Crippen molar-refractivity contribution in [3.05, 3.63) is 59.7 Å². The van der Waals surface area contributed by atoms with Gasteiger partial charge in [-0.25, -0.2) is 4.79 Å². The molecule has 0 fully saturated rings. The fraction of sp³-hybridized carbons (Fsp3) is 0.133. The highest BCUT2D eigenvalue weighted by Crippen LogP contribution is 2.21. The molecule has 0 bridgehead atoms. The van der Waals surface area contributed by atoms with E-state index in [-0.39, 0.29) is 0 Å². The number of nitrogens with two attached hydrogens (primary N) is 1. The molecule has 0 spiro atoms. The van der Waals surface area contributed by atoms with E-state index in [9.17, 15) is 4.79 Å². The van der Waals surface area contributed by atoms with E-state index in [0.717, 1.165) is 5.56 Å². The number of rotatable bonds is 4. The number of nitrogen functional groups attached to an aromatic ring is 1. The maximum atomic E-state index is 11.4. The van der Waals surface area contributed by atoms with Gasteiger partial charge in [0, 0.05) is 11.8 Å². The smallest absolute Gasteiger partial charge is 0.339 e. The van der Waals surface area contributed by atoms with Gasteiger partial charge in [-0.15, -0.1) is 0 Å². The Morgan fingerprint density at radius 1 is 1.16 bits per heavy atom. The Morgan fingerprint density at radius 3 is 2.53 bits per heavy atom. The highest BCUT2D eigenvalue weighted by molar-refractivity contribution is 5.95. The Labute approximate surface area is 111 Å². The topological polar surface area (TPSA) is 61.5 Å². The second kappa shape index (κ2) is 5.91. The van der Waals surface area contributed by atoms with Gasteiger partial charge in [0.15, 0.2) is 0 Å². The van der Waals surface area contributed by atoms with Crippen molar-refractivity contribution in [2.45, 2.75) is 6.61 Å². The fourth-order valence-corrected chi connectivity index (χ4v) is 1.67. The SMILES string of the molecule is COC(=O)c1ccc(OCc2ccccc2)cc1N. The van der Waals surface area contributed by atoms with E-state index in [1.165, 1.54) is 7.11 Å². The number of ether oxygens (including phenoxy) is 2. The minimum atomic E-state index is -0.452. The molecule has 2 aromatic carbocycles. The summed E-state index contributed by atoms with van der Waals surface area (Å²) in [5.74, 6) is 0.168. The number of hydrogen-bond donors (Lipinski definition) is 1. The van der Waals surface area contributed by atoms with Crippen LogP contribution in [0.1, 0.15) is 15.9 Å². The van der Waals surface area contributed by atoms with E-state index in [1.807, 2.05) is 30.3 Å². The van der Waals surface area contributed by atoms with Crippen LogP contribution in [0.4, 0.5) is 5.69 Å². The molecule has 0 saturated carbocycles. The van der Waals surface area contributed by atoms with Crippen LogP contribution < -0.4 is 10.5 Å². The molecular weight excluding hydrogens is 242 g/mol. The molecule has 0 heterocycles. The summed E-state index contributed by atoms with van der Waals surface area (Å²) in [6.07, 6.45) is 0. The van der Waals surface area contributed by atoms with Crippen molar-refractivity contribution in [1.29, 1.82) is 0 Å². The third kappa shape index (κ3) is 3.25. The first-order chi connectivity index (χ1) is 9.20. The summed E-state index contributed by atoms with van der Waals surface area (Å²) in [6.45, 7) is 0.456. The van der Waals surface area contributed by atoms with Gasteiger partial charge < -0.3 is 15.2 Å². The number of methoxy groups -OCH3 is 1. The third-order valence-corrected chi connectivity index (χ3v) is 2.68. The Bertz CT molecular complexity index is 567. The van der Waals surface area contributed by atoms with Crippen LogP contribution in [0.15, 0.2) is 48.5 Å². The average molecular weight is 257 g/mol. The van der Waals surface area contributed by atoms with E-state index in [0.29, 0.717) is 23.6 Å². The quantitative estimate of drug-likeness (QED) is 0.675. The molecule has 4 nitrogen and oxygen atoms in total. The van der Waals surface area contributed by atoms with E-state index in [2.05, 4.69) is 4.74 Å². The Kier molecular flexibility index (Phi) is 4.03. The number of carbonyl (C=O) groups excluding carboxylic acids is 1. The van der Waals surface area contributed by atoms with Crippen molar-refractivity contribution < 1.29 is 14.3 Å². The van der Waals surface area contributed by atoms with Gasteiger partial charge in [0.05, 0.1) is 12.7 Å². The Balaban J connectivity index is 2.06. The molecule has 0 aromatic heterocycles. The minimum absolute atomic E-state index is 0.342. The van der Waals surface area contributed by atoms with Crippen LogP contribution in [0.2, 0.25) is 0 Å². The van der Waals surface area contributed by atoms with Crippen molar-refractivity contribution >= 4 is 11.7 Å². The lowest BCUT2D eigenvalue weighted by atomic mass is 10.2. The normalized spacial score (nSPS) is 9.95.